The van der Waals surface area contributed by atoms with Gasteiger partial charge in [0.2, 0.25) is 0 Å². The summed E-state index contributed by atoms with van der Waals surface area (Å²) in [6, 6.07) is 0. The lowest BCUT2D eigenvalue weighted by atomic mass is 10.1. The average Bonchev–Trinajstić information content (AvgIpc) is 2.02. The molecule has 0 aliphatic rings. The van der Waals surface area contributed by atoms with Gasteiger partial charge < -0.3 is 0 Å². The first kappa shape index (κ1) is 11.4. The van der Waals surface area contributed by atoms with E-state index in [2.05, 4.69) is 13.0 Å². The Hall–Kier alpha value is -0.590. The summed E-state index contributed by atoms with van der Waals surface area (Å²) in [5.41, 5.74) is 0. The Bertz CT molecular complexity index is 136. The van der Waals surface area contributed by atoms with Gasteiger partial charge in [-0.25, -0.2) is 0 Å². The molecule has 0 amide bonds. The van der Waals surface area contributed by atoms with Gasteiger partial charge in [-0.2, -0.15) is 0 Å². The second-order valence-corrected chi connectivity index (χ2v) is 3.23. The van der Waals surface area contributed by atoms with Crippen molar-refractivity contribution < 1.29 is 4.79 Å². The van der Waals surface area contributed by atoms with Gasteiger partial charge in [0.25, 0.3) is 0 Å². The Balaban J connectivity index is 3.08. The maximum absolute atomic E-state index is 10.5. The van der Waals surface area contributed by atoms with Gasteiger partial charge in [-0.1, -0.05) is 38.3 Å². The standard InChI is InChI=1S/C11H20O/c1-3-4-5-6-7-8-9-10-11(2)12/h8-9H,3-7,10H2,1-2H3/b9-8-. The van der Waals surface area contributed by atoms with E-state index in [1.54, 1.807) is 6.92 Å². The van der Waals surface area contributed by atoms with Crippen LogP contribution in [0.25, 0.3) is 0 Å². The van der Waals surface area contributed by atoms with Crippen molar-refractivity contribution in [3.63, 3.8) is 0 Å². The van der Waals surface area contributed by atoms with E-state index in [-0.39, 0.29) is 5.78 Å². The second-order valence-electron chi connectivity index (χ2n) is 3.23. The van der Waals surface area contributed by atoms with Gasteiger partial charge >= 0.3 is 0 Å². The van der Waals surface area contributed by atoms with Crippen molar-refractivity contribution in [2.45, 2.75) is 52.4 Å². The van der Waals surface area contributed by atoms with Crippen molar-refractivity contribution >= 4 is 5.78 Å². The fourth-order valence-electron chi connectivity index (χ4n) is 1.06. The summed E-state index contributed by atoms with van der Waals surface area (Å²) in [4.78, 5) is 10.5. The first-order chi connectivity index (χ1) is 5.77. The molecule has 1 nitrogen and oxygen atoms in total. The number of Topliss-reactive ketones (excluding diaryl/α,β-unsaturated/α-hetero) is 1. The lowest BCUT2D eigenvalue weighted by molar-refractivity contribution is -0.116. The number of carbonyl (C=O) groups is 1. The number of allylic oxidation sites excluding steroid dienone is 2. The van der Waals surface area contributed by atoms with Crippen LogP contribution >= 0.6 is 0 Å². The molecule has 0 spiro atoms. The van der Waals surface area contributed by atoms with Crippen molar-refractivity contribution in [3.8, 4) is 0 Å². The summed E-state index contributed by atoms with van der Waals surface area (Å²) in [6.07, 6.45) is 11.0. The Morgan fingerprint density at radius 2 is 1.92 bits per heavy atom. The highest BCUT2D eigenvalue weighted by Crippen LogP contribution is 2.03. The van der Waals surface area contributed by atoms with E-state index in [0.29, 0.717) is 6.42 Å². The van der Waals surface area contributed by atoms with Crippen LogP contribution in [0.3, 0.4) is 0 Å². The summed E-state index contributed by atoms with van der Waals surface area (Å²) >= 11 is 0. The predicted octanol–water partition coefficient (Wildman–Crippen LogP) is 3.49. The van der Waals surface area contributed by atoms with Crippen LogP contribution in [-0.2, 0) is 4.79 Å². The van der Waals surface area contributed by atoms with E-state index in [1.807, 2.05) is 6.08 Å². The first-order valence-corrected chi connectivity index (χ1v) is 4.91. The zero-order valence-corrected chi connectivity index (χ0v) is 8.31. The van der Waals surface area contributed by atoms with Crippen LogP contribution in [0.4, 0.5) is 0 Å². The van der Waals surface area contributed by atoms with E-state index in [0.717, 1.165) is 6.42 Å². The van der Waals surface area contributed by atoms with Gasteiger partial charge in [0.05, 0.1) is 0 Å². The minimum atomic E-state index is 0.250. The summed E-state index contributed by atoms with van der Waals surface area (Å²) in [5.74, 6) is 0.250. The van der Waals surface area contributed by atoms with Crippen LogP contribution in [0.2, 0.25) is 0 Å². The molecular formula is C11H20O. The lowest BCUT2D eigenvalue weighted by Gasteiger charge is -1.93. The quantitative estimate of drug-likeness (QED) is 0.420. The Kier molecular flexibility index (Phi) is 8.09. The summed E-state index contributed by atoms with van der Waals surface area (Å²) in [7, 11) is 0. The van der Waals surface area contributed by atoms with Crippen LogP contribution in [-0.4, -0.2) is 5.78 Å². The number of hydrogen-bond acceptors (Lipinski definition) is 1. The third kappa shape index (κ3) is 9.41. The largest absolute Gasteiger partial charge is 0.300 e. The molecule has 0 aromatic rings. The number of ketones is 1. The summed E-state index contributed by atoms with van der Waals surface area (Å²) in [6.45, 7) is 3.84. The van der Waals surface area contributed by atoms with Crippen LogP contribution < -0.4 is 0 Å². The third-order valence-electron chi connectivity index (χ3n) is 1.80. The smallest absolute Gasteiger partial charge is 0.133 e. The monoisotopic (exact) mass is 168 g/mol. The maximum Gasteiger partial charge on any atom is 0.133 e. The highest BCUT2D eigenvalue weighted by atomic mass is 16.1. The normalized spacial score (nSPS) is 10.8. The molecule has 0 fully saturated rings. The zero-order valence-electron chi connectivity index (χ0n) is 8.31. The topological polar surface area (TPSA) is 17.1 Å². The molecule has 12 heavy (non-hydrogen) atoms. The van der Waals surface area contributed by atoms with Crippen LogP contribution in [0.15, 0.2) is 12.2 Å². The molecule has 0 bridgehead atoms. The number of hydrogen-bond donors (Lipinski definition) is 0. The van der Waals surface area contributed by atoms with Gasteiger partial charge in [-0.15, -0.1) is 0 Å². The number of carbonyl (C=O) groups excluding carboxylic acids is 1. The molecule has 0 aliphatic carbocycles. The molecule has 0 rings (SSSR count). The van der Waals surface area contributed by atoms with Crippen LogP contribution in [0, 0.1) is 0 Å². The highest BCUT2D eigenvalue weighted by Gasteiger charge is 1.86. The van der Waals surface area contributed by atoms with E-state index < -0.39 is 0 Å². The van der Waals surface area contributed by atoms with Crippen molar-refractivity contribution in [1.29, 1.82) is 0 Å². The second kappa shape index (κ2) is 8.51. The highest BCUT2D eigenvalue weighted by molar-refractivity contribution is 5.76. The summed E-state index contributed by atoms with van der Waals surface area (Å²) in [5, 5.41) is 0. The Morgan fingerprint density at radius 1 is 1.17 bits per heavy atom. The van der Waals surface area contributed by atoms with Crippen molar-refractivity contribution in [2.75, 3.05) is 0 Å². The van der Waals surface area contributed by atoms with Crippen LogP contribution in [0.5, 0.6) is 0 Å². The molecule has 70 valence electrons. The van der Waals surface area contributed by atoms with Crippen molar-refractivity contribution in [3.05, 3.63) is 12.2 Å². The molecule has 0 aromatic carbocycles. The molecule has 0 aromatic heterocycles. The summed E-state index contributed by atoms with van der Waals surface area (Å²) < 4.78 is 0. The van der Waals surface area contributed by atoms with Crippen LogP contribution in [0.1, 0.15) is 52.4 Å². The van der Waals surface area contributed by atoms with Gasteiger partial charge in [-0.05, 0) is 19.8 Å². The molecule has 0 heterocycles. The van der Waals surface area contributed by atoms with Gasteiger partial charge in [0.15, 0.2) is 0 Å². The molecule has 0 unspecified atom stereocenters. The van der Waals surface area contributed by atoms with Crippen molar-refractivity contribution in [2.24, 2.45) is 0 Å². The third-order valence-corrected chi connectivity index (χ3v) is 1.80. The molecular weight excluding hydrogens is 148 g/mol. The molecule has 0 saturated heterocycles. The average molecular weight is 168 g/mol. The van der Waals surface area contributed by atoms with Crippen molar-refractivity contribution in [1.82, 2.24) is 0 Å². The fourth-order valence-corrected chi connectivity index (χ4v) is 1.06. The molecule has 0 atom stereocenters. The zero-order chi connectivity index (χ0) is 9.23. The van der Waals surface area contributed by atoms with E-state index in [1.165, 1.54) is 25.7 Å². The molecule has 0 aliphatic heterocycles. The molecule has 1 heteroatoms. The molecule has 0 saturated carbocycles. The fraction of sp³-hybridized carbons (Fsp3) is 0.727. The van der Waals surface area contributed by atoms with E-state index >= 15 is 0 Å². The minimum Gasteiger partial charge on any atom is -0.300 e. The predicted molar refractivity (Wildman–Crippen MR) is 53.2 cm³/mol. The Labute approximate surface area is 75.9 Å². The van der Waals surface area contributed by atoms with Gasteiger partial charge in [-0.3, -0.25) is 4.79 Å². The molecule has 0 N–H and O–H groups in total. The van der Waals surface area contributed by atoms with E-state index in [9.17, 15) is 4.79 Å². The number of rotatable bonds is 7. The molecule has 0 radical (unpaired) electrons. The number of unbranched alkanes of at least 4 members (excludes halogenated alkanes) is 4. The lowest BCUT2D eigenvalue weighted by Crippen LogP contribution is -1.83. The first-order valence-electron chi connectivity index (χ1n) is 4.91. The maximum atomic E-state index is 10.5. The minimum absolute atomic E-state index is 0.250. The van der Waals surface area contributed by atoms with E-state index in [4.69, 9.17) is 0 Å². The Morgan fingerprint density at radius 3 is 2.50 bits per heavy atom. The van der Waals surface area contributed by atoms with Gasteiger partial charge in [0, 0.05) is 6.42 Å². The SMILES string of the molecule is CCCCCC/C=C\CC(C)=O. The van der Waals surface area contributed by atoms with Gasteiger partial charge in [0.1, 0.15) is 5.78 Å².